The third kappa shape index (κ3) is 5.91. The topological polar surface area (TPSA) is 45.7 Å². The molecule has 0 aliphatic carbocycles. The van der Waals surface area contributed by atoms with Gasteiger partial charge in [0.05, 0.1) is 0 Å². The maximum absolute atomic E-state index is 13.4. The van der Waals surface area contributed by atoms with Crippen LogP contribution >= 0.6 is 24.0 Å². The van der Waals surface area contributed by atoms with Crippen molar-refractivity contribution in [2.24, 2.45) is 4.99 Å². The van der Waals surface area contributed by atoms with Crippen LogP contribution in [0.25, 0.3) is 0 Å². The van der Waals surface area contributed by atoms with E-state index >= 15 is 0 Å². The predicted octanol–water partition coefficient (Wildman–Crippen LogP) is 4.17. The van der Waals surface area contributed by atoms with Gasteiger partial charge in [-0.1, -0.05) is 42.0 Å². The molecule has 4 nitrogen and oxygen atoms in total. The molecule has 152 valence electrons. The van der Waals surface area contributed by atoms with Crippen molar-refractivity contribution >= 4 is 29.9 Å². The van der Waals surface area contributed by atoms with E-state index < -0.39 is 0 Å². The second-order valence-electron chi connectivity index (χ2n) is 7.17. The zero-order chi connectivity index (χ0) is 19.1. The summed E-state index contributed by atoms with van der Waals surface area (Å²) in [5, 5.41) is 6.85. The van der Waals surface area contributed by atoms with E-state index in [2.05, 4.69) is 46.8 Å². The van der Waals surface area contributed by atoms with Crippen LogP contribution in [0.4, 0.5) is 4.39 Å². The first-order chi connectivity index (χ1) is 13.1. The Balaban J connectivity index is 0.00000280. The van der Waals surface area contributed by atoms with Gasteiger partial charge in [-0.15, -0.1) is 24.0 Å². The van der Waals surface area contributed by atoms with Gasteiger partial charge >= 0.3 is 0 Å². The maximum Gasteiger partial charge on any atom is 0.191 e. The number of nitrogens with one attached hydrogen (secondary N) is 2. The van der Waals surface area contributed by atoms with Crippen LogP contribution in [0.3, 0.4) is 0 Å². The number of hydrogen-bond donors (Lipinski definition) is 2. The lowest BCUT2D eigenvalue weighted by atomic mass is 9.74. The molecule has 0 aromatic heterocycles. The highest BCUT2D eigenvalue weighted by molar-refractivity contribution is 14.0. The van der Waals surface area contributed by atoms with Gasteiger partial charge in [0.15, 0.2) is 5.96 Å². The number of rotatable bonds is 5. The normalized spacial score (nSPS) is 16.2. The van der Waals surface area contributed by atoms with E-state index in [9.17, 15) is 4.39 Å². The molecule has 6 heteroatoms. The van der Waals surface area contributed by atoms with Gasteiger partial charge in [0, 0.05) is 38.8 Å². The molecular formula is C22H29FIN3O. The molecule has 1 aliphatic heterocycles. The summed E-state index contributed by atoms with van der Waals surface area (Å²) in [5.41, 5.74) is 3.54. The number of halogens is 2. The molecule has 1 aliphatic rings. The molecule has 2 N–H and O–H groups in total. The van der Waals surface area contributed by atoms with Crippen molar-refractivity contribution in [1.29, 1.82) is 0 Å². The van der Waals surface area contributed by atoms with Crippen LogP contribution in [0, 0.1) is 12.7 Å². The zero-order valence-electron chi connectivity index (χ0n) is 16.5. The van der Waals surface area contributed by atoms with Gasteiger partial charge in [-0.25, -0.2) is 4.39 Å². The molecule has 0 saturated carbocycles. The Kier molecular flexibility index (Phi) is 8.69. The highest BCUT2D eigenvalue weighted by atomic mass is 127. The molecule has 0 spiro atoms. The first-order valence-corrected chi connectivity index (χ1v) is 9.45. The average molecular weight is 497 g/mol. The van der Waals surface area contributed by atoms with Gasteiger partial charge in [0.2, 0.25) is 0 Å². The van der Waals surface area contributed by atoms with E-state index in [1.54, 1.807) is 7.05 Å². The SMILES string of the molecule is CN=C(NCc1cccc(C)c1)NCC1(c2ccc(F)cc2)CCOCC1.I. The van der Waals surface area contributed by atoms with Gasteiger partial charge in [0.1, 0.15) is 5.82 Å². The summed E-state index contributed by atoms with van der Waals surface area (Å²) in [6, 6.07) is 15.3. The van der Waals surface area contributed by atoms with Crippen molar-refractivity contribution in [3.05, 3.63) is 71.0 Å². The molecule has 0 amide bonds. The van der Waals surface area contributed by atoms with E-state index in [4.69, 9.17) is 4.74 Å². The summed E-state index contributed by atoms with van der Waals surface area (Å²) in [6.07, 6.45) is 1.81. The quantitative estimate of drug-likeness (QED) is 0.371. The minimum absolute atomic E-state index is 0. The number of aliphatic imine (C=N–C) groups is 1. The molecule has 0 atom stereocenters. The average Bonchev–Trinajstić information content (AvgIpc) is 2.69. The summed E-state index contributed by atoms with van der Waals surface area (Å²) in [6.45, 7) is 4.97. The number of nitrogens with zero attached hydrogens (tertiary/aromatic N) is 1. The number of benzene rings is 2. The fraction of sp³-hybridized carbons (Fsp3) is 0.409. The Hall–Kier alpha value is -1.67. The summed E-state index contributed by atoms with van der Waals surface area (Å²) in [5.74, 6) is 0.564. The third-order valence-corrected chi connectivity index (χ3v) is 5.27. The van der Waals surface area contributed by atoms with Crippen molar-refractivity contribution in [3.63, 3.8) is 0 Å². The monoisotopic (exact) mass is 497 g/mol. The van der Waals surface area contributed by atoms with Crippen LogP contribution in [0.2, 0.25) is 0 Å². The van der Waals surface area contributed by atoms with Gasteiger partial charge in [-0.05, 0) is 43.0 Å². The first kappa shape index (κ1) is 22.6. The Morgan fingerprint density at radius 1 is 1.11 bits per heavy atom. The van der Waals surface area contributed by atoms with E-state index in [0.717, 1.165) is 30.9 Å². The van der Waals surface area contributed by atoms with Crippen LogP contribution in [0.1, 0.15) is 29.5 Å². The predicted molar refractivity (Wildman–Crippen MR) is 123 cm³/mol. The molecule has 0 radical (unpaired) electrons. The molecule has 0 unspecified atom stereocenters. The zero-order valence-corrected chi connectivity index (χ0v) is 18.8. The molecule has 1 saturated heterocycles. The number of guanidine groups is 1. The van der Waals surface area contributed by atoms with Crippen LogP contribution in [-0.4, -0.2) is 32.8 Å². The van der Waals surface area contributed by atoms with Crippen LogP contribution in [0.5, 0.6) is 0 Å². The van der Waals surface area contributed by atoms with E-state index in [-0.39, 0.29) is 35.2 Å². The molecule has 2 aromatic carbocycles. The van der Waals surface area contributed by atoms with Gasteiger partial charge in [0.25, 0.3) is 0 Å². The van der Waals surface area contributed by atoms with Crippen molar-refractivity contribution < 1.29 is 9.13 Å². The lowest BCUT2D eigenvalue weighted by Crippen LogP contribution is -2.47. The standard InChI is InChI=1S/C22H28FN3O.HI/c1-17-4-3-5-18(14-17)15-25-21(24-2)26-16-22(10-12-27-13-11-22)19-6-8-20(23)9-7-19;/h3-9,14H,10-13,15-16H2,1-2H3,(H2,24,25,26);1H. The van der Waals surface area contributed by atoms with Crippen LogP contribution in [0.15, 0.2) is 53.5 Å². The minimum atomic E-state index is -0.204. The second-order valence-corrected chi connectivity index (χ2v) is 7.17. The van der Waals surface area contributed by atoms with E-state index in [1.165, 1.54) is 23.3 Å². The summed E-state index contributed by atoms with van der Waals surface area (Å²) in [4.78, 5) is 4.35. The Morgan fingerprint density at radius 2 is 1.82 bits per heavy atom. The van der Waals surface area contributed by atoms with Crippen molar-refractivity contribution in [3.8, 4) is 0 Å². The second kappa shape index (κ2) is 10.8. The third-order valence-electron chi connectivity index (χ3n) is 5.27. The summed E-state index contributed by atoms with van der Waals surface area (Å²) < 4.78 is 18.9. The molecule has 0 bridgehead atoms. The molecule has 1 fully saturated rings. The summed E-state index contributed by atoms with van der Waals surface area (Å²) in [7, 11) is 1.78. The van der Waals surface area contributed by atoms with Crippen molar-refractivity contribution in [2.75, 3.05) is 26.8 Å². The van der Waals surface area contributed by atoms with Crippen LogP contribution < -0.4 is 10.6 Å². The fourth-order valence-electron chi connectivity index (χ4n) is 3.61. The lowest BCUT2D eigenvalue weighted by molar-refractivity contribution is 0.0513. The largest absolute Gasteiger partial charge is 0.381 e. The molecule has 3 rings (SSSR count). The Morgan fingerprint density at radius 3 is 2.46 bits per heavy atom. The van der Waals surface area contributed by atoms with E-state index in [1.807, 2.05) is 12.1 Å². The van der Waals surface area contributed by atoms with Gasteiger partial charge < -0.3 is 15.4 Å². The molecule has 2 aromatic rings. The number of hydrogen-bond acceptors (Lipinski definition) is 2. The maximum atomic E-state index is 13.4. The first-order valence-electron chi connectivity index (χ1n) is 9.45. The molecular weight excluding hydrogens is 468 g/mol. The minimum Gasteiger partial charge on any atom is -0.381 e. The van der Waals surface area contributed by atoms with E-state index in [0.29, 0.717) is 19.8 Å². The highest BCUT2D eigenvalue weighted by Crippen LogP contribution is 2.34. The Labute approximate surface area is 184 Å². The molecule has 1 heterocycles. The number of aryl methyl sites for hydroxylation is 1. The summed E-state index contributed by atoms with van der Waals surface area (Å²) >= 11 is 0. The smallest absolute Gasteiger partial charge is 0.191 e. The van der Waals surface area contributed by atoms with Crippen molar-refractivity contribution in [2.45, 2.75) is 31.7 Å². The Bertz CT molecular complexity index is 774. The van der Waals surface area contributed by atoms with Crippen LogP contribution in [-0.2, 0) is 16.7 Å². The fourth-order valence-corrected chi connectivity index (χ4v) is 3.61. The highest BCUT2D eigenvalue weighted by Gasteiger charge is 2.34. The number of ether oxygens (including phenoxy) is 1. The lowest BCUT2D eigenvalue weighted by Gasteiger charge is -2.38. The van der Waals surface area contributed by atoms with Gasteiger partial charge in [-0.2, -0.15) is 0 Å². The van der Waals surface area contributed by atoms with Crippen molar-refractivity contribution in [1.82, 2.24) is 10.6 Å². The molecule has 28 heavy (non-hydrogen) atoms. The van der Waals surface area contributed by atoms with Gasteiger partial charge in [-0.3, -0.25) is 4.99 Å².